The first kappa shape index (κ1) is 18.4. The number of rotatable bonds is 5. The van der Waals surface area contributed by atoms with Crippen LogP contribution in [-0.4, -0.2) is 53.7 Å². The average Bonchev–Trinajstić information content (AvgIpc) is 3.40. The number of hydrogen-bond acceptors (Lipinski definition) is 8. The Bertz CT molecular complexity index is 1160. The fraction of sp³-hybridized carbons (Fsp3) is 0.333. The van der Waals surface area contributed by atoms with Crippen molar-refractivity contribution in [2.45, 2.75) is 32.9 Å². The van der Waals surface area contributed by atoms with Gasteiger partial charge >= 0.3 is 0 Å². The van der Waals surface area contributed by atoms with Crippen LogP contribution in [0.3, 0.4) is 0 Å². The number of anilines is 1. The predicted molar refractivity (Wildman–Crippen MR) is 112 cm³/mol. The van der Waals surface area contributed by atoms with Gasteiger partial charge in [-0.1, -0.05) is 6.07 Å². The zero-order valence-corrected chi connectivity index (χ0v) is 16.9. The fourth-order valence-corrected chi connectivity index (χ4v) is 3.76. The van der Waals surface area contributed by atoms with Crippen LogP contribution in [0.1, 0.15) is 19.2 Å². The highest BCUT2D eigenvalue weighted by atomic mass is 16.5. The van der Waals surface area contributed by atoms with Crippen molar-refractivity contribution in [3.8, 4) is 17.3 Å². The average molecular weight is 402 g/mol. The molecule has 0 saturated carbocycles. The van der Waals surface area contributed by atoms with Crippen molar-refractivity contribution in [2.75, 3.05) is 18.0 Å². The van der Waals surface area contributed by atoms with Crippen molar-refractivity contribution < 1.29 is 4.74 Å². The standard InChI is InChI=1S/C21H22N8O/c1-3-29-19(15-10-23-14(2)24-11-15)27-18-20(29)25-13-26-21(18)30-16-7-9-28(12-16)17-6-4-5-8-22-17/h4-6,8,10-11,13,16H,3,7,9,12H2,1-2H3/t16-/m0/s1. The van der Waals surface area contributed by atoms with E-state index in [-0.39, 0.29) is 6.10 Å². The number of hydrogen-bond donors (Lipinski definition) is 0. The fourth-order valence-electron chi connectivity index (χ4n) is 3.76. The smallest absolute Gasteiger partial charge is 0.245 e. The third-order valence-corrected chi connectivity index (χ3v) is 5.25. The van der Waals surface area contributed by atoms with Crippen LogP contribution in [0, 0.1) is 6.92 Å². The van der Waals surface area contributed by atoms with Crippen molar-refractivity contribution in [2.24, 2.45) is 0 Å². The number of nitrogens with zero attached hydrogens (tertiary/aromatic N) is 8. The first-order chi connectivity index (χ1) is 14.7. The summed E-state index contributed by atoms with van der Waals surface area (Å²) in [4.78, 5) is 28.9. The van der Waals surface area contributed by atoms with E-state index in [4.69, 9.17) is 9.72 Å². The summed E-state index contributed by atoms with van der Waals surface area (Å²) < 4.78 is 8.31. The first-order valence-electron chi connectivity index (χ1n) is 10.1. The van der Waals surface area contributed by atoms with Crippen molar-refractivity contribution in [1.82, 2.24) is 34.5 Å². The van der Waals surface area contributed by atoms with E-state index < -0.39 is 0 Å². The Hall–Kier alpha value is -3.62. The van der Waals surface area contributed by atoms with E-state index in [0.717, 1.165) is 48.2 Å². The molecule has 0 bridgehead atoms. The van der Waals surface area contributed by atoms with Gasteiger partial charge < -0.3 is 14.2 Å². The minimum absolute atomic E-state index is 0.0167. The summed E-state index contributed by atoms with van der Waals surface area (Å²) in [6.07, 6.45) is 7.83. The summed E-state index contributed by atoms with van der Waals surface area (Å²) in [5.41, 5.74) is 2.25. The lowest BCUT2D eigenvalue weighted by molar-refractivity contribution is 0.218. The van der Waals surface area contributed by atoms with Gasteiger partial charge in [-0.05, 0) is 26.0 Å². The number of pyridine rings is 1. The molecule has 30 heavy (non-hydrogen) atoms. The summed E-state index contributed by atoms with van der Waals surface area (Å²) in [6, 6.07) is 5.94. The lowest BCUT2D eigenvalue weighted by Crippen LogP contribution is -2.25. The maximum absolute atomic E-state index is 6.28. The summed E-state index contributed by atoms with van der Waals surface area (Å²) >= 11 is 0. The highest BCUT2D eigenvalue weighted by Crippen LogP contribution is 2.29. The van der Waals surface area contributed by atoms with E-state index in [1.807, 2.05) is 35.9 Å². The monoisotopic (exact) mass is 402 g/mol. The summed E-state index contributed by atoms with van der Waals surface area (Å²) in [5, 5.41) is 0. The molecule has 4 aromatic rings. The molecule has 5 rings (SSSR count). The lowest BCUT2D eigenvalue weighted by atomic mass is 10.3. The van der Waals surface area contributed by atoms with Gasteiger partial charge in [0, 0.05) is 38.1 Å². The van der Waals surface area contributed by atoms with Crippen LogP contribution in [0.25, 0.3) is 22.6 Å². The van der Waals surface area contributed by atoms with Gasteiger partial charge in [0.15, 0.2) is 11.2 Å². The molecule has 0 amide bonds. The minimum Gasteiger partial charge on any atom is -0.471 e. The van der Waals surface area contributed by atoms with Gasteiger partial charge in [0.25, 0.3) is 0 Å². The molecule has 1 aliphatic rings. The highest BCUT2D eigenvalue weighted by molar-refractivity contribution is 5.81. The van der Waals surface area contributed by atoms with E-state index in [2.05, 4.69) is 36.7 Å². The molecule has 1 aliphatic heterocycles. The summed E-state index contributed by atoms with van der Waals surface area (Å²) in [7, 11) is 0. The Labute approximate surface area is 173 Å². The van der Waals surface area contributed by atoms with E-state index in [0.29, 0.717) is 17.9 Å². The molecule has 152 valence electrons. The SMILES string of the molecule is CCn1c(-c2cnc(C)nc2)nc2c(O[C@H]3CCN(c4ccccn4)C3)ncnc21. The van der Waals surface area contributed by atoms with Gasteiger partial charge in [-0.25, -0.2) is 24.9 Å². The molecule has 1 atom stereocenters. The second kappa shape index (κ2) is 7.66. The van der Waals surface area contributed by atoms with Gasteiger partial charge in [-0.15, -0.1) is 0 Å². The van der Waals surface area contributed by atoms with Crippen molar-refractivity contribution in [3.05, 3.63) is 48.9 Å². The van der Waals surface area contributed by atoms with E-state index >= 15 is 0 Å². The van der Waals surface area contributed by atoms with Gasteiger partial charge in [0.05, 0.1) is 12.1 Å². The topological polar surface area (TPSA) is 94.7 Å². The van der Waals surface area contributed by atoms with Crippen molar-refractivity contribution in [1.29, 1.82) is 0 Å². The summed E-state index contributed by atoms with van der Waals surface area (Å²) in [5.74, 6) is 2.96. The second-order valence-corrected chi connectivity index (χ2v) is 7.21. The second-order valence-electron chi connectivity index (χ2n) is 7.21. The summed E-state index contributed by atoms with van der Waals surface area (Å²) in [6.45, 7) is 6.29. The molecule has 1 saturated heterocycles. The predicted octanol–water partition coefficient (Wildman–Crippen LogP) is 2.66. The molecule has 0 unspecified atom stereocenters. The molecule has 0 spiro atoms. The number of aromatic nitrogens is 7. The van der Waals surface area contributed by atoms with Crippen molar-refractivity contribution >= 4 is 17.0 Å². The molecule has 0 N–H and O–H groups in total. The molecule has 9 heteroatoms. The number of ether oxygens (including phenoxy) is 1. The van der Waals surface area contributed by atoms with E-state index in [9.17, 15) is 0 Å². The molecular weight excluding hydrogens is 380 g/mol. The first-order valence-corrected chi connectivity index (χ1v) is 10.1. The van der Waals surface area contributed by atoms with Crippen LogP contribution in [0.2, 0.25) is 0 Å². The Morgan fingerprint density at radius 2 is 1.97 bits per heavy atom. The van der Waals surface area contributed by atoms with Crippen LogP contribution in [0.15, 0.2) is 43.1 Å². The zero-order chi connectivity index (χ0) is 20.5. The van der Waals surface area contributed by atoms with Gasteiger partial charge in [0.1, 0.15) is 29.9 Å². The third-order valence-electron chi connectivity index (χ3n) is 5.25. The third kappa shape index (κ3) is 3.32. The van der Waals surface area contributed by atoms with Gasteiger partial charge in [0.2, 0.25) is 5.88 Å². The molecule has 0 aliphatic carbocycles. The van der Waals surface area contributed by atoms with Crippen LogP contribution >= 0.6 is 0 Å². The van der Waals surface area contributed by atoms with Crippen LogP contribution < -0.4 is 9.64 Å². The molecule has 4 aromatic heterocycles. The van der Waals surface area contributed by atoms with Crippen molar-refractivity contribution in [3.63, 3.8) is 0 Å². The Morgan fingerprint density at radius 1 is 1.10 bits per heavy atom. The largest absolute Gasteiger partial charge is 0.471 e. The highest BCUT2D eigenvalue weighted by Gasteiger charge is 2.27. The normalized spacial score (nSPS) is 16.3. The molecular formula is C21H22N8O. The van der Waals surface area contributed by atoms with Gasteiger partial charge in [-0.2, -0.15) is 4.98 Å². The minimum atomic E-state index is 0.0167. The van der Waals surface area contributed by atoms with Crippen LogP contribution in [0.5, 0.6) is 5.88 Å². The van der Waals surface area contributed by atoms with Gasteiger partial charge in [-0.3, -0.25) is 0 Å². The Morgan fingerprint density at radius 3 is 2.73 bits per heavy atom. The number of aryl methyl sites for hydroxylation is 2. The Balaban J connectivity index is 1.45. The van der Waals surface area contributed by atoms with E-state index in [1.54, 1.807) is 12.4 Å². The van der Waals surface area contributed by atoms with Crippen LogP contribution in [-0.2, 0) is 6.54 Å². The number of fused-ring (bicyclic) bond motifs is 1. The molecule has 5 heterocycles. The number of imidazole rings is 1. The maximum Gasteiger partial charge on any atom is 0.245 e. The molecule has 0 radical (unpaired) electrons. The lowest BCUT2D eigenvalue weighted by Gasteiger charge is -2.17. The molecule has 0 aromatic carbocycles. The van der Waals surface area contributed by atoms with E-state index in [1.165, 1.54) is 6.33 Å². The quantitative estimate of drug-likeness (QED) is 0.503. The zero-order valence-electron chi connectivity index (χ0n) is 16.9. The molecule has 1 fully saturated rings. The maximum atomic E-state index is 6.28. The Kier molecular flexibility index (Phi) is 4.70. The van der Waals surface area contributed by atoms with Crippen LogP contribution in [0.4, 0.5) is 5.82 Å². The molecule has 9 nitrogen and oxygen atoms in total.